The van der Waals surface area contributed by atoms with Crippen LogP contribution in [-0.2, 0) is 6.61 Å². The van der Waals surface area contributed by atoms with Gasteiger partial charge < -0.3 is 18.9 Å². The normalized spacial score (nSPS) is 12.0. The summed E-state index contributed by atoms with van der Waals surface area (Å²) >= 11 is 0. The maximum absolute atomic E-state index is 11.9. The SMILES string of the molecule is Cc1noc(C)c1-c1cnc2c(c1)c(-c1ccc(C(=O)O)cc1OCc1ccccc1)cn2C(C)c1ccccn1. The molecule has 0 bridgehead atoms. The highest BCUT2D eigenvalue weighted by atomic mass is 16.5. The van der Waals surface area contributed by atoms with Crippen LogP contribution < -0.4 is 4.74 Å². The Morgan fingerprint density at radius 1 is 1.00 bits per heavy atom. The zero-order valence-electron chi connectivity index (χ0n) is 22.9. The predicted octanol–water partition coefficient (Wildman–Crippen LogP) is 7.26. The fourth-order valence-electron chi connectivity index (χ4n) is 5.17. The molecule has 1 N–H and O–H groups in total. The van der Waals surface area contributed by atoms with E-state index in [1.807, 2.05) is 74.8 Å². The van der Waals surface area contributed by atoms with E-state index in [4.69, 9.17) is 14.2 Å². The molecule has 204 valence electrons. The number of carbonyl (C=O) groups is 1. The van der Waals surface area contributed by atoms with Crippen molar-refractivity contribution in [2.24, 2.45) is 0 Å². The van der Waals surface area contributed by atoms with Gasteiger partial charge in [0.15, 0.2) is 0 Å². The lowest BCUT2D eigenvalue weighted by atomic mass is 10.00. The van der Waals surface area contributed by atoms with Gasteiger partial charge in [0.2, 0.25) is 0 Å². The molecule has 0 aliphatic heterocycles. The minimum atomic E-state index is -1.02. The second-order valence-electron chi connectivity index (χ2n) is 9.97. The van der Waals surface area contributed by atoms with Crippen molar-refractivity contribution < 1.29 is 19.2 Å². The average molecular weight is 545 g/mol. The monoisotopic (exact) mass is 544 g/mol. The first-order valence-corrected chi connectivity index (χ1v) is 13.3. The van der Waals surface area contributed by atoms with E-state index in [-0.39, 0.29) is 11.6 Å². The number of fused-ring (bicyclic) bond motifs is 1. The van der Waals surface area contributed by atoms with Gasteiger partial charge in [0.25, 0.3) is 0 Å². The summed E-state index contributed by atoms with van der Waals surface area (Å²) in [5.41, 5.74) is 6.99. The number of carboxylic acid groups (broad SMARTS) is 1. The minimum absolute atomic E-state index is 0.114. The molecule has 0 saturated carbocycles. The number of benzene rings is 2. The fraction of sp³-hybridized carbons (Fsp3) is 0.152. The van der Waals surface area contributed by atoms with Gasteiger partial charge in [-0.1, -0.05) is 41.6 Å². The van der Waals surface area contributed by atoms with Crippen molar-refractivity contribution in [3.05, 3.63) is 120 Å². The molecular weight excluding hydrogens is 516 g/mol. The Kier molecular flexibility index (Phi) is 6.81. The molecule has 41 heavy (non-hydrogen) atoms. The number of carboxylic acids is 1. The predicted molar refractivity (Wildman–Crippen MR) is 156 cm³/mol. The van der Waals surface area contributed by atoms with E-state index in [2.05, 4.69) is 27.7 Å². The van der Waals surface area contributed by atoms with E-state index >= 15 is 0 Å². The molecule has 1 atom stereocenters. The molecule has 6 rings (SSSR count). The number of nitrogens with zero attached hydrogens (tertiary/aromatic N) is 4. The summed E-state index contributed by atoms with van der Waals surface area (Å²) in [6, 6.07) is 22.6. The summed E-state index contributed by atoms with van der Waals surface area (Å²) in [6.45, 7) is 6.17. The van der Waals surface area contributed by atoms with Gasteiger partial charge >= 0.3 is 5.97 Å². The highest BCUT2D eigenvalue weighted by Gasteiger charge is 2.22. The standard InChI is InChI=1S/C33H28N4O4/c1-20-31(22(3)41-36-20)25-15-27-28(18-37(32(27)35-17-25)21(2)29-11-7-8-14-34-29)26-13-12-24(33(38)39)16-30(26)40-19-23-9-5-4-6-10-23/h4-18,21H,19H2,1-3H3,(H,38,39). The lowest BCUT2D eigenvalue weighted by Crippen LogP contribution is -2.07. The number of hydrogen-bond acceptors (Lipinski definition) is 6. The number of aryl methyl sites for hydroxylation is 2. The zero-order valence-corrected chi connectivity index (χ0v) is 22.9. The van der Waals surface area contributed by atoms with Gasteiger partial charge in [0.05, 0.1) is 23.0 Å². The highest BCUT2D eigenvalue weighted by Crippen LogP contribution is 2.40. The Bertz CT molecular complexity index is 1840. The van der Waals surface area contributed by atoms with Crippen molar-refractivity contribution in [1.82, 2.24) is 19.7 Å². The molecule has 6 aromatic rings. The molecule has 8 nitrogen and oxygen atoms in total. The van der Waals surface area contributed by atoms with Gasteiger partial charge in [-0.05, 0) is 62.7 Å². The Balaban J connectivity index is 1.55. The van der Waals surface area contributed by atoms with E-state index in [9.17, 15) is 9.90 Å². The molecule has 0 fully saturated rings. The Hall–Kier alpha value is -5.24. The van der Waals surface area contributed by atoms with Crippen LogP contribution in [0.25, 0.3) is 33.3 Å². The lowest BCUT2D eigenvalue weighted by molar-refractivity contribution is 0.0696. The van der Waals surface area contributed by atoms with Crippen molar-refractivity contribution >= 4 is 17.0 Å². The summed E-state index contributed by atoms with van der Waals surface area (Å²) in [7, 11) is 0. The molecule has 0 amide bonds. The smallest absolute Gasteiger partial charge is 0.335 e. The molecule has 1 unspecified atom stereocenters. The molecule has 0 spiro atoms. The van der Waals surface area contributed by atoms with Gasteiger partial charge in [-0.15, -0.1) is 0 Å². The molecular formula is C33H28N4O4. The Labute approximate surface area is 236 Å². The van der Waals surface area contributed by atoms with Crippen molar-refractivity contribution in [3.63, 3.8) is 0 Å². The molecule has 0 radical (unpaired) electrons. The van der Waals surface area contributed by atoms with Crippen molar-refractivity contribution in [2.75, 3.05) is 0 Å². The number of aromatic nitrogens is 4. The lowest BCUT2D eigenvalue weighted by Gasteiger charge is -2.14. The molecule has 0 saturated heterocycles. The molecule has 4 heterocycles. The number of ether oxygens (including phenoxy) is 1. The van der Waals surface area contributed by atoms with Crippen LogP contribution in [0, 0.1) is 13.8 Å². The summed E-state index contributed by atoms with van der Waals surface area (Å²) in [6.07, 6.45) is 5.65. The third kappa shape index (κ3) is 4.96. The Morgan fingerprint density at radius 3 is 2.51 bits per heavy atom. The topological polar surface area (TPSA) is 103 Å². The average Bonchev–Trinajstić information content (AvgIpc) is 3.55. The van der Waals surface area contributed by atoms with Gasteiger partial charge in [0.1, 0.15) is 23.8 Å². The number of hydrogen-bond donors (Lipinski definition) is 1. The maximum atomic E-state index is 11.9. The van der Waals surface area contributed by atoms with Crippen LogP contribution in [-0.4, -0.2) is 30.8 Å². The van der Waals surface area contributed by atoms with Crippen LogP contribution in [0.1, 0.15) is 46.0 Å². The number of pyridine rings is 2. The summed E-state index contributed by atoms with van der Waals surface area (Å²) < 4.78 is 13.8. The summed E-state index contributed by atoms with van der Waals surface area (Å²) in [5, 5.41) is 14.7. The van der Waals surface area contributed by atoms with E-state index in [0.717, 1.165) is 50.2 Å². The molecule has 4 aromatic heterocycles. The zero-order chi connectivity index (χ0) is 28.5. The number of rotatable bonds is 8. The van der Waals surface area contributed by atoms with Gasteiger partial charge in [-0.3, -0.25) is 4.98 Å². The van der Waals surface area contributed by atoms with Crippen LogP contribution in [0.15, 0.2) is 95.9 Å². The largest absolute Gasteiger partial charge is 0.488 e. The van der Waals surface area contributed by atoms with Crippen LogP contribution in [0.4, 0.5) is 0 Å². The first kappa shape index (κ1) is 26.0. The van der Waals surface area contributed by atoms with E-state index in [1.54, 1.807) is 24.4 Å². The fourth-order valence-corrected chi connectivity index (χ4v) is 5.17. The second kappa shape index (κ2) is 10.7. The van der Waals surface area contributed by atoms with E-state index in [1.165, 1.54) is 0 Å². The van der Waals surface area contributed by atoms with Gasteiger partial charge in [-0.25, -0.2) is 9.78 Å². The first-order chi connectivity index (χ1) is 19.9. The highest BCUT2D eigenvalue weighted by molar-refractivity contribution is 5.99. The quantitative estimate of drug-likeness (QED) is 0.215. The van der Waals surface area contributed by atoms with E-state index in [0.29, 0.717) is 18.1 Å². The molecule has 8 heteroatoms. The van der Waals surface area contributed by atoms with Crippen LogP contribution in [0.5, 0.6) is 5.75 Å². The third-order valence-electron chi connectivity index (χ3n) is 7.28. The van der Waals surface area contributed by atoms with Crippen molar-refractivity contribution in [2.45, 2.75) is 33.4 Å². The van der Waals surface area contributed by atoms with Crippen molar-refractivity contribution in [3.8, 4) is 28.0 Å². The van der Waals surface area contributed by atoms with Crippen LogP contribution >= 0.6 is 0 Å². The molecule has 0 aliphatic carbocycles. The molecule has 0 aliphatic rings. The van der Waals surface area contributed by atoms with Crippen LogP contribution in [0.3, 0.4) is 0 Å². The summed E-state index contributed by atoms with van der Waals surface area (Å²) in [4.78, 5) is 21.4. The second-order valence-corrected chi connectivity index (χ2v) is 9.97. The van der Waals surface area contributed by atoms with Gasteiger partial charge in [0, 0.05) is 46.2 Å². The van der Waals surface area contributed by atoms with Crippen LogP contribution in [0.2, 0.25) is 0 Å². The van der Waals surface area contributed by atoms with E-state index < -0.39 is 5.97 Å². The maximum Gasteiger partial charge on any atom is 0.335 e. The molecule has 2 aromatic carbocycles. The third-order valence-corrected chi connectivity index (χ3v) is 7.28. The van der Waals surface area contributed by atoms with Crippen molar-refractivity contribution in [1.29, 1.82) is 0 Å². The number of aromatic carboxylic acids is 1. The van der Waals surface area contributed by atoms with Gasteiger partial charge in [-0.2, -0.15) is 0 Å². The Morgan fingerprint density at radius 2 is 1.80 bits per heavy atom. The summed E-state index contributed by atoms with van der Waals surface area (Å²) in [5.74, 6) is 0.167. The first-order valence-electron chi connectivity index (χ1n) is 13.3. The minimum Gasteiger partial charge on any atom is -0.488 e.